The van der Waals surface area contributed by atoms with Gasteiger partial charge in [0.05, 0.1) is 5.60 Å². The predicted molar refractivity (Wildman–Crippen MR) is 51.6 cm³/mol. The van der Waals surface area contributed by atoms with Gasteiger partial charge in [0.2, 0.25) is 0 Å². The summed E-state index contributed by atoms with van der Waals surface area (Å²) in [5, 5.41) is 9.78. The van der Waals surface area contributed by atoms with Gasteiger partial charge in [0.25, 0.3) is 0 Å². The molecule has 0 bridgehead atoms. The Hall–Kier alpha value is -0.290. The van der Waals surface area contributed by atoms with Gasteiger partial charge in [-0.3, -0.25) is 4.90 Å². The zero-order valence-corrected chi connectivity index (χ0v) is 8.98. The van der Waals surface area contributed by atoms with Crippen molar-refractivity contribution in [2.75, 3.05) is 19.6 Å². The quantitative estimate of drug-likeness (QED) is 0.775. The average molecular weight is 225 g/mol. The van der Waals surface area contributed by atoms with Gasteiger partial charge in [0, 0.05) is 19.5 Å². The lowest BCUT2D eigenvalue weighted by Gasteiger charge is -2.46. The third-order valence-electron chi connectivity index (χ3n) is 2.69. The molecular formula is C10H18F3NO. The predicted octanol–water partition coefficient (Wildman–Crippen LogP) is 2.18. The van der Waals surface area contributed by atoms with Gasteiger partial charge in [0.15, 0.2) is 0 Å². The molecule has 1 aliphatic heterocycles. The Morgan fingerprint density at radius 3 is 2.40 bits per heavy atom. The van der Waals surface area contributed by atoms with E-state index in [1.54, 1.807) is 0 Å². The van der Waals surface area contributed by atoms with Crippen molar-refractivity contribution >= 4 is 0 Å². The molecule has 0 aromatic heterocycles. The van der Waals surface area contributed by atoms with Gasteiger partial charge in [-0.15, -0.1) is 0 Å². The number of rotatable bonds is 5. The highest BCUT2D eigenvalue weighted by atomic mass is 19.4. The van der Waals surface area contributed by atoms with Crippen LogP contribution in [0.15, 0.2) is 0 Å². The van der Waals surface area contributed by atoms with Crippen LogP contribution in [-0.4, -0.2) is 41.4 Å². The summed E-state index contributed by atoms with van der Waals surface area (Å²) < 4.78 is 35.5. The van der Waals surface area contributed by atoms with E-state index < -0.39 is 18.2 Å². The lowest BCUT2D eigenvalue weighted by atomic mass is 9.89. The van der Waals surface area contributed by atoms with Crippen molar-refractivity contribution < 1.29 is 18.3 Å². The first kappa shape index (κ1) is 12.8. The Balaban J connectivity index is 2.08. The molecule has 0 aliphatic carbocycles. The molecule has 0 aromatic rings. The van der Waals surface area contributed by atoms with Gasteiger partial charge < -0.3 is 5.11 Å². The fourth-order valence-corrected chi connectivity index (χ4v) is 2.07. The Kier molecular flexibility index (Phi) is 4.00. The minimum absolute atomic E-state index is 0.131. The maximum absolute atomic E-state index is 11.8. The first-order valence-electron chi connectivity index (χ1n) is 5.36. The summed E-state index contributed by atoms with van der Waals surface area (Å²) in [6.07, 6.45) is -3.00. The first-order chi connectivity index (χ1) is 6.85. The highest BCUT2D eigenvalue weighted by Gasteiger charge is 2.39. The molecule has 1 rings (SSSR count). The van der Waals surface area contributed by atoms with E-state index >= 15 is 0 Å². The Morgan fingerprint density at radius 1 is 1.33 bits per heavy atom. The minimum Gasteiger partial charge on any atom is -0.387 e. The molecule has 15 heavy (non-hydrogen) atoms. The van der Waals surface area contributed by atoms with Gasteiger partial charge in [-0.1, -0.05) is 13.3 Å². The van der Waals surface area contributed by atoms with Crippen LogP contribution in [0.25, 0.3) is 0 Å². The topological polar surface area (TPSA) is 23.5 Å². The van der Waals surface area contributed by atoms with Crippen LogP contribution in [0, 0.1) is 0 Å². The SMILES string of the molecule is CCCC1(O)CN(CCCC(F)(F)F)C1. The van der Waals surface area contributed by atoms with E-state index in [-0.39, 0.29) is 6.42 Å². The lowest BCUT2D eigenvalue weighted by Crippen LogP contribution is -2.61. The van der Waals surface area contributed by atoms with Crippen molar-refractivity contribution in [2.45, 2.75) is 44.4 Å². The summed E-state index contributed by atoms with van der Waals surface area (Å²) in [5.41, 5.74) is -0.632. The molecule has 5 heteroatoms. The smallest absolute Gasteiger partial charge is 0.387 e. The van der Waals surface area contributed by atoms with Crippen LogP contribution in [0.1, 0.15) is 32.6 Å². The van der Waals surface area contributed by atoms with Gasteiger partial charge in [-0.05, 0) is 19.4 Å². The van der Waals surface area contributed by atoms with E-state index in [9.17, 15) is 18.3 Å². The van der Waals surface area contributed by atoms with E-state index in [1.165, 1.54) is 0 Å². The molecule has 90 valence electrons. The summed E-state index contributed by atoms with van der Waals surface area (Å²) in [5.74, 6) is 0. The van der Waals surface area contributed by atoms with Crippen molar-refractivity contribution in [1.82, 2.24) is 4.90 Å². The summed E-state index contributed by atoms with van der Waals surface area (Å²) in [6.45, 7) is 3.48. The van der Waals surface area contributed by atoms with Gasteiger partial charge in [-0.25, -0.2) is 0 Å². The number of hydrogen-bond acceptors (Lipinski definition) is 2. The van der Waals surface area contributed by atoms with Crippen molar-refractivity contribution in [3.8, 4) is 0 Å². The molecule has 1 fully saturated rings. The van der Waals surface area contributed by atoms with Crippen LogP contribution in [0.4, 0.5) is 13.2 Å². The number of hydrogen-bond donors (Lipinski definition) is 1. The zero-order chi connectivity index (χ0) is 11.5. The summed E-state index contributed by atoms with van der Waals surface area (Å²) in [6, 6.07) is 0. The molecule has 1 heterocycles. The van der Waals surface area contributed by atoms with Crippen LogP contribution < -0.4 is 0 Å². The van der Waals surface area contributed by atoms with Gasteiger partial charge in [-0.2, -0.15) is 13.2 Å². The first-order valence-corrected chi connectivity index (χ1v) is 5.36. The molecule has 0 saturated carbocycles. The average Bonchev–Trinajstić information content (AvgIpc) is 1.99. The summed E-state index contributed by atoms with van der Waals surface area (Å²) in [4.78, 5) is 1.88. The Bertz CT molecular complexity index is 199. The molecule has 0 radical (unpaired) electrons. The van der Waals surface area contributed by atoms with Crippen LogP contribution >= 0.6 is 0 Å². The van der Waals surface area contributed by atoms with Crippen LogP contribution in [0.2, 0.25) is 0 Å². The fourth-order valence-electron chi connectivity index (χ4n) is 2.07. The number of aliphatic hydroxyl groups is 1. The minimum atomic E-state index is -4.05. The molecular weight excluding hydrogens is 207 g/mol. The summed E-state index contributed by atoms with van der Waals surface area (Å²) >= 11 is 0. The molecule has 0 amide bonds. The molecule has 0 aromatic carbocycles. The van der Waals surface area contributed by atoms with Crippen molar-refractivity contribution in [3.05, 3.63) is 0 Å². The molecule has 1 aliphatic rings. The molecule has 1 N–H and O–H groups in total. The van der Waals surface area contributed by atoms with Crippen molar-refractivity contribution in [2.24, 2.45) is 0 Å². The van der Waals surface area contributed by atoms with Crippen LogP contribution in [0.3, 0.4) is 0 Å². The Morgan fingerprint density at radius 2 is 1.93 bits per heavy atom. The van der Waals surface area contributed by atoms with E-state index in [4.69, 9.17) is 0 Å². The number of halogens is 3. The second-order valence-electron chi connectivity index (χ2n) is 4.40. The molecule has 0 spiro atoms. The maximum Gasteiger partial charge on any atom is 0.389 e. The Labute approximate surface area is 88.1 Å². The number of likely N-dealkylation sites (tertiary alicyclic amines) is 1. The molecule has 0 atom stereocenters. The monoisotopic (exact) mass is 225 g/mol. The second-order valence-corrected chi connectivity index (χ2v) is 4.40. The van der Waals surface area contributed by atoms with E-state index in [0.29, 0.717) is 19.6 Å². The lowest BCUT2D eigenvalue weighted by molar-refractivity contribution is -0.141. The molecule has 0 unspecified atom stereocenters. The molecule has 2 nitrogen and oxygen atoms in total. The fraction of sp³-hybridized carbons (Fsp3) is 1.00. The normalized spacial score (nSPS) is 21.4. The highest BCUT2D eigenvalue weighted by molar-refractivity contribution is 4.94. The number of nitrogens with zero attached hydrogens (tertiary/aromatic N) is 1. The van der Waals surface area contributed by atoms with Crippen molar-refractivity contribution in [1.29, 1.82) is 0 Å². The van der Waals surface area contributed by atoms with Crippen molar-refractivity contribution in [3.63, 3.8) is 0 Å². The van der Waals surface area contributed by atoms with E-state index in [0.717, 1.165) is 12.8 Å². The third kappa shape index (κ3) is 4.38. The second kappa shape index (κ2) is 4.70. The van der Waals surface area contributed by atoms with E-state index in [2.05, 4.69) is 0 Å². The van der Waals surface area contributed by atoms with Crippen LogP contribution in [0.5, 0.6) is 0 Å². The van der Waals surface area contributed by atoms with E-state index in [1.807, 2.05) is 11.8 Å². The third-order valence-corrected chi connectivity index (χ3v) is 2.69. The van der Waals surface area contributed by atoms with Gasteiger partial charge in [0.1, 0.15) is 0 Å². The maximum atomic E-state index is 11.8. The number of alkyl halides is 3. The molecule has 1 saturated heterocycles. The number of β-amino-alcohol motifs (C(OH)–C–C–N with tert-alkyl or cyclic N) is 1. The van der Waals surface area contributed by atoms with Crippen LogP contribution in [-0.2, 0) is 0 Å². The largest absolute Gasteiger partial charge is 0.389 e. The summed E-state index contributed by atoms with van der Waals surface area (Å²) in [7, 11) is 0. The zero-order valence-electron chi connectivity index (χ0n) is 8.98. The standard InChI is InChI=1S/C10H18F3NO/c1-2-4-9(15)7-14(8-9)6-3-5-10(11,12)13/h15H,2-8H2,1H3. The highest BCUT2D eigenvalue weighted by Crippen LogP contribution is 2.27. The van der Waals surface area contributed by atoms with Gasteiger partial charge >= 0.3 is 6.18 Å².